The lowest BCUT2D eigenvalue weighted by atomic mass is 9.96. The van der Waals surface area contributed by atoms with Gasteiger partial charge in [-0.25, -0.2) is 4.79 Å². The van der Waals surface area contributed by atoms with Crippen LogP contribution in [0.25, 0.3) is 0 Å². The molecule has 2 amide bonds. The number of piperazine rings is 1. The molecule has 0 saturated carbocycles. The summed E-state index contributed by atoms with van der Waals surface area (Å²) in [6.07, 6.45) is 0. The van der Waals surface area contributed by atoms with Crippen LogP contribution in [0.3, 0.4) is 0 Å². The molecule has 1 fully saturated rings. The number of hydrogen-bond donors (Lipinski definition) is 1. The summed E-state index contributed by atoms with van der Waals surface area (Å²) in [5.74, 6) is 0. The number of urea groups is 1. The highest BCUT2D eigenvalue weighted by Gasteiger charge is 2.28. The maximum Gasteiger partial charge on any atom is 0.317 e. The van der Waals surface area contributed by atoms with Gasteiger partial charge >= 0.3 is 6.03 Å². The molecule has 1 saturated heterocycles. The predicted molar refractivity (Wildman–Crippen MR) is 122 cm³/mol. The number of amides is 2. The lowest BCUT2D eigenvalue weighted by Gasteiger charge is -2.39. The second-order valence-corrected chi connectivity index (χ2v) is 7.97. The Kier molecular flexibility index (Phi) is 6.67. The molecule has 3 aromatic carbocycles. The number of nitrogens with one attached hydrogen (secondary N) is 1. The Morgan fingerprint density at radius 1 is 0.800 bits per heavy atom. The van der Waals surface area contributed by atoms with Crippen molar-refractivity contribution >= 4 is 17.6 Å². The monoisotopic (exact) mass is 419 g/mol. The number of rotatable bonds is 5. The third kappa shape index (κ3) is 5.02. The quantitative estimate of drug-likeness (QED) is 0.634. The van der Waals surface area contributed by atoms with Gasteiger partial charge in [0.25, 0.3) is 0 Å². The Hall–Kier alpha value is -2.82. The molecule has 0 aliphatic carbocycles. The summed E-state index contributed by atoms with van der Waals surface area (Å²) >= 11 is 6.11. The molecular formula is C25H26ClN3O. The molecule has 1 aliphatic heterocycles. The molecule has 0 radical (unpaired) electrons. The van der Waals surface area contributed by atoms with E-state index in [2.05, 4.69) is 46.6 Å². The van der Waals surface area contributed by atoms with E-state index in [-0.39, 0.29) is 12.1 Å². The molecule has 3 aromatic rings. The number of carbonyl (C=O) groups is 1. The van der Waals surface area contributed by atoms with Crippen molar-refractivity contribution in [2.75, 3.05) is 26.2 Å². The molecule has 1 N–H and O–H groups in total. The first-order chi connectivity index (χ1) is 14.7. The number of hydrogen-bond acceptors (Lipinski definition) is 2. The summed E-state index contributed by atoms with van der Waals surface area (Å²) in [7, 11) is 0. The average molecular weight is 420 g/mol. The SMILES string of the molecule is O=C(NCc1ccccc1)N1CCN(C(c2ccccc2)c2ccc(Cl)cc2)CC1. The van der Waals surface area contributed by atoms with Gasteiger partial charge in [0.05, 0.1) is 6.04 Å². The van der Waals surface area contributed by atoms with Crippen molar-refractivity contribution in [3.05, 3.63) is 107 Å². The van der Waals surface area contributed by atoms with Gasteiger partial charge in [0.2, 0.25) is 0 Å². The molecule has 4 rings (SSSR count). The highest BCUT2D eigenvalue weighted by Crippen LogP contribution is 2.30. The van der Waals surface area contributed by atoms with Crippen LogP contribution in [0.1, 0.15) is 22.7 Å². The molecule has 5 heteroatoms. The Balaban J connectivity index is 1.41. The molecule has 0 aromatic heterocycles. The first-order valence-corrected chi connectivity index (χ1v) is 10.7. The minimum Gasteiger partial charge on any atom is -0.334 e. The van der Waals surface area contributed by atoms with Gasteiger partial charge in [-0.3, -0.25) is 4.90 Å². The molecule has 1 aliphatic rings. The van der Waals surface area contributed by atoms with Gasteiger partial charge in [-0.05, 0) is 28.8 Å². The summed E-state index contributed by atoms with van der Waals surface area (Å²) in [5, 5.41) is 3.78. The highest BCUT2D eigenvalue weighted by molar-refractivity contribution is 6.30. The zero-order valence-electron chi connectivity index (χ0n) is 16.9. The molecule has 154 valence electrons. The zero-order chi connectivity index (χ0) is 20.8. The first-order valence-electron chi connectivity index (χ1n) is 10.3. The van der Waals surface area contributed by atoms with E-state index in [0.29, 0.717) is 19.6 Å². The average Bonchev–Trinajstić information content (AvgIpc) is 2.81. The van der Waals surface area contributed by atoms with E-state index in [1.54, 1.807) is 0 Å². The third-order valence-electron chi connectivity index (χ3n) is 5.55. The minimum absolute atomic E-state index is 0.00116. The molecule has 0 bridgehead atoms. The highest BCUT2D eigenvalue weighted by atomic mass is 35.5. The molecule has 1 atom stereocenters. The van der Waals surface area contributed by atoms with Crippen LogP contribution in [0.15, 0.2) is 84.9 Å². The fraction of sp³-hybridized carbons (Fsp3) is 0.240. The van der Waals surface area contributed by atoms with Crippen LogP contribution in [0.5, 0.6) is 0 Å². The number of nitrogens with zero attached hydrogens (tertiary/aromatic N) is 2. The van der Waals surface area contributed by atoms with E-state index in [9.17, 15) is 4.79 Å². The van der Waals surface area contributed by atoms with E-state index < -0.39 is 0 Å². The van der Waals surface area contributed by atoms with Crippen molar-refractivity contribution in [1.82, 2.24) is 15.1 Å². The van der Waals surface area contributed by atoms with E-state index >= 15 is 0 Å². The van der Waals surface area contributed by atoms with Crippen molar-refractivity contribution < 1.29 is 4.79 Å². The van der Waals surface area contributed by atoms with E-state index in [1.165, 1.54) is 11.1 Å². The van der Waals surface area contributed by atoms with Gasteiger partial charge in [0.15, 0.2) is 0 Å². The topological polar surface area (TPSA) is 35.6 Å². The Morgan fingerprint density at radius 2 is 1.37 bits per heavy atom. The molecule has 4 nitrogen and oxygen atoms in total. The van der Waals surface area contributed by atoms with Gasteiger partial charge in [-0.15, -0.1) is 0 Å². The summed E-state index contributed by atoms with van der Waals surface area (Å²) in [6, 6.07) is 28.8. The summed E-state index contributed by atoms with van der Waals surface area (Å²) < 4.78 is 0. The Morgan fingerprint density at radius 3 is 2.00 bits per heavy atom. The van der Waals surface area contributed by atoms with Crippen molar-refractivity contribution in [2.24, 2.45) is 0 Å². The van der Waals surface area contributed by atoms with Crippen LogP contribution >= 0.6 is 11.6 Å². The van der Waals surface area contributed by atoms with Gasteiger partial charge in [0, 0.05) is 37.7 Å². The fourth-order valence-corrected chi connectivity index (χ4v) is 4.09. The number of carbonyl (C=O) groups excluding carboxylic acids is 1. The maximum atomic E-state index is 12.6. The lowest BCUT2D eigenvalue weighted by molar-refractivity contribution is 0.120. The Labute approximate surface area is 183 Å². The van der Waals surface area contributed by atoms with Crippen LogP contribution in [-0.2, 0) is 6.54 Å². The van der Waals surface area contributed by atoms with Crippen LogP contribution in [0, 0.1) is 0 Å². The van der Waals surface area contributed by atoms with Gasteiger partial charge < -0.3 is 10.2 Å². The zero-order valence-corrected chi connectivity index (χ0v) is 17.6. The van der Waals surface area contributed by atoms with Gasteiger partial charge in [0.1, 0.15) is 0 Å². The van der Waals surface area contributed by atoms with Crippen molar-refractivity contribution in [2.45, 2.75) is 12.6 Å². The summed E-state index contributed by atoms with van der Waals surface area (Å²) in [4.78, 5) is 17.0. The van der Waals surface area contributed by atoms with Gasteiger partial charge in [-0.1, -0.05) is 84.4 Å². The standard InChI is InChI=1S/C25H26ClN3O/c26-23-13-11-22(12-14-23)24(21-9-5-2-6-10-21)28-15-17-29(18-16-28)25(30)27-19-20-7-3-1-4-8-20/h1-14,24H,15-19H2,(H,27,30). The molecule has 1 heterocycles. The van der Waals surface area contributed by atoms with E-state index in [1.807, 2.05) is 53.4 Å². The minimum atomic E-state index is 0.00116. The van der Waals surface area contributed by atoms with Crippen LogP contribution < -0.4 is 5.32 Å². The third-order valence-corrected chi connectivity index (χ3v) is 5.81. The smallest absolute Gasteiger partial charge is 0.317 e. The van der Waals surface area contributed by atoms with Crippen molar-refractivity contribution in [1.29, 1.82) is 0 Å². The van der Waals surface area contributed by atoms with Gasteiger partial charge in [-0.2, -0.15) is 0 Å². The summed E-state index contributed by atoms with van der Waals surface area (Å²) in [6.45, 7) is 3.61. The first kappa shape index (κ1) is 20.5. The number of halogens is 1. The largest absolute Gasteiger partial charge is 0.334 e. The van der Waals surface area contributed by atoms with Crippen molar-refractivity contribution in [3.63, 3.8) is 0 Å². The van der Waals surface area contributed by atoms with Crippen LogP contribution in [0.2, 0.25) is 5.02 Å². The molecule has 30 heavy (non-hydrogen) atoms. The molecule has 0 spiro atoms. The second kappa shape index (κ2) is 9.79. The predicted octanol–water partition coefficient (Wildman–Crippen LogP) is 4.96. The summed E-state index contributed by atoms with van der Waals surface area (Å²) in [5.41, 5.74) is 3.57. The molecular weight excluding hydrogens is 394 g/mol. The van der Waals surface area contributed by atoms with Crippen LogP contribution in [-0.4, -0.2) is 42.0 Å². The molecule has 1 unspecified atom stereocenters. The maximum absolute atomic E-state index is 12.6. The normalized spacial score (nSPS) is 15.6. The Bertz CT molecular complexity index is 939. The number of benzene rings is 3. The van der Waals surface area contributed by atoms with Crippen molar-refractivity contribution in [3.8, 4) is 0 Å². The lowest BCUT2D eigenvalue weighted by Crippen LogP contribution is -2.52. The second-order valence-electron chi connectivity index (χ2n) is 7.53. The van der Waals surface area contributed by atoms with Crippen LogP contribution in [0.4, 0.5) is 4.79 Å². The van der Waals surface area contributed by atoms with E-state index in [0.717, 1.165) is 23.7 Å². The fourth-order valence-electron chi connectivity index (χ4n) is 3.96. The van der Waals surface area contributed by atoms with E-state index in [4.69, 9.17) is 11.6 Å².